The second-order valence-corrected chi connectivity index (χ2v) is 6.61. The van der Waals surface area contributed by atoms with Crippen molar-refractivity contribution in [3.8, 4) is 11.8 Å². The molecule has 0 spiro atoms. The van der Waals surface area contributed by atoms with Crippen molar-refractivity contribution in [3.05, 3.63) is 87.2 Å². The quantitative estimate of drug-likeness (QED) is 0.630. The Labute approximate surface area is 154 Å². The molecule has 0 bridgehead atoms. The molecule has 1 heterocycles. The lowest BCUT2D eigenvalue weighted by Crippen LogP contribution is -2.21. The number of benzene rings is 3. The first kappa shape index (κ1) is 15.8. The number of hydrogen-bond donors (Lipinski definition) is 1. The largest absolute Gasteiger partial charge is 0.440 e. The summed E-state index contributed by atoms with van der Waals surface area (Å²) in [6.07, 6.45) is 0. The van der Waals surface area contributed by atoms with Crippen LogP contribution in [0.2, 0.25) is 10.0 Å². The number of allylic oxidation sites excluding steroid dienone is 1. The molecule has 25 heavy (non-hydrogen) atoms. The summed E-state index contributed by atoms with van der Waals surface area (Å²) in [6, 6.07) is 19.4. The predicted octanol–water partition coefficient (Wildman–Crippen LogP) is 5.36. The summed E-state index contributed by atoms with van der Waals surface area (Å²) in [5.41, 5.74) is 8.13. The fourth-order valence-electron chi connectivity index (χ4n) is 3.27. The van der Waals surface area contributed by atoms with E-state index in [0.717, 1.165) is 21.9 Å². The van der Waals surface area contributed by atoms with Gasteiger partial charge in [-0.1, -0.05) is 59.6 Å². The van der Waals surface area contributed by atoms with Crippen molar-refractivity contribution in [3.63, 3.8) is 0 Å². The third-order valence-electron chi connectivity index (χ3n) is 4.39. The van der Waals surface area contributed by atoms with Crippen LogP contribution in [0.15, 0.2) is 66.1 Å². The second kappa shape index (κ2) is 6.00. The highest BCUT2D eigenvalue weighted by molar-refractivity contribution is 6.42. The van der Waals surface area contributed by atoms with E-state index in [1.165, 1.54) is 0 Å². The lowest BCUT2D eigenvalue weighted by atomic mass is 9.81. The molecule has 122 valence electrons. The molecule has 2 N–H and O–H groups in total. The molecular formula is C20H12Cl2N2O. The Hall–Kier alpha value is -2.67. The average Bonchev–Trinajstić information content (AvgIpc) is 2.62. The minimum atomic E-state index is -0.366. The van der Waals surface area contributed by atoms with Crippen LogP contribution in [0.1, 0.15) is 17.0 Å². The van der Waals surface area contributed by atoms with E-state index in [4.69, 9.17) is 33.7 Å². The summed E-state index contributed by atoms with van der Waals surface area (Å²) in [7, 11) is 0. The number of ether oxygens (including phenoxy) is 1. The Kier molecular flexibility index (Phi) is 3.80. The molecule has 1 unspecified atom stereocenters. The van der Waals surface area contributed by atoms with E-state index >= 15 is 0 Å². The van der Waals surface area contributed by atoms with Gasteiger partial charge in [0.05, 0.1) is 16.0 Å². The van der Waals surface area contributed by atoms with Crippen LogP contribution in [0.5, 0.6) is 5.75 Å². The molecule has 1 aliphatic heterocycles. The van der Waals surface area contributed by atoms with Crippen LogP contribution in [-0.2, 0) is 0 Å². The first-order valence-corrected chi connectivity index (χ1v) is 8.40. The first-order chi connectivity index (χ1) is 12.1. The summed E-state index contributed by atoms with van der Waals surface area (Å²) in [5, 5.41) is 12.7. The van der Waals surface area contributed by atoms with Gasteiger partial charge in [-0.3, -0.25) is 0 Å². The summed E-state index contributed by atoms with van der Waals surface area (Å²) in [4.78, 5) is 0. The molecule has 0 aromatic heterocycles. The number of rotatable bonds is 1. The van der Waals surface area contributed by atoms with Gasteiger partial charge in [-0.2, -0.15) is 5.26 Å². The summed E-state index contributed by atoms with van der Waals surface area (Å²) >= 11 is 12.3. The number of nitriles is 1. The van der Waals surface area contributed by atoms with Crippen molar-refractivity contribution in [2.45, 2.75) is 5.92 Å². The molecular weight excluding hydrogens is 355 g/mol. The van der Waals surface area contributed by atoms with Gasteiger partial charge in [-0.05, 0) is 34.5 Å². The summed E-state index contributed by atoms with van der Waals surface area (Å²) in [6.45, 7) is 0. The highest BCUT2D eigenvalue weighted by Crippen LogP contribution is 2.46. The smallest absolute Gasteiger partial charge is 0.205 e. The Morgan fingerprint density at radius 3 is 2.56 bits per heavy atom. The van der Waals surface area contributed by atoms with E-state index < -0.39 is 0 Å². The van der Waals surface area contributed by atoms with Gasteiger partial charge in [0.1, 0.15) is 17.4 Å². The van der Waals surface area contributed by atoms with Crippen LogP contribution in [0.3, 0.4) is 0 Å². The van der Waals surface area contributed by atoms with E-state index in [-0.39, 0.29) is 11.8 Å². The van der Waals surface area contributed by atoms with Crippen LogP contribution >= 0.6 is 23.2 Å². The average molecular weight is 367 g/mol. The third-order valence-corrected chi connectivity index (χ3v) is 5.13. The zero-order chi connectivity index (χ0) is 17.6. The van der Waals surface area contributed by atoms with Crippen LogP contribution < -0.4 is 10.5 Å². The zero-order valence-electron chi connectivity index (χ0n) is 13.0. The number of fused-ring (bicyclic) bond motifs is 3. The van der Waals surface area contributed by atoms with Crippen LogP contribution in [0.25, 0.3) is 10.8 Å². The summed E-state index contributed by atoms with van der Waals surface area (Å²) in [5.74, 6) is 0.391. The molecule has 3 aromatic rings. The van der Waals surface area contributed by atoms with Gasteiger partial charge in [0.15, 0.2) is 0 Å². The van der Waals surface area contributed by atoms with E-state index in [0.29, 0.717) is 21.4 Å². The molecule has 0 saturated carbocycles. The number of halogens is 2. The normalized spacial score (nSPS) is 16.3. The predicted molar refractivity (Wildman–Crippen MR) is 99.7 cm³/mol. The van der Waals surface area contributed by atoms with Gasteiger partial charge >= 0.3 is 0 Å². The molecule has 0 fully saturated rings. The van der Waals surface area contributed by atoms with Crippen molar-refractivity contribution < 1.29 is 4.74 Å². The number of nitrogens with zero attached hydrogens (tertiary/aromatic N) is 1. The first-order valence-electron chi connectivity index (χ1n) is 7.64. The minimum absolute atomic E-state index is 0.112. The Balaban J connectivity index is 2.06. The minimum Gasteiger partial charge on any atom is -0.440 e. The van der Waals surface area contributed by atoms with Gasteiger partial charge in [-0.15, -0.1) is 0 Å². The van der Waals surface area contributed by atoms with Gasteiger partial charge in [0, 0.05) is 5.56 Å². The number of hydrogen-bond acceptors (Lipinski definition) is 3. The molecule has 0 radical (unpaired) electrons. The fraction of sp³-hybridized carbons (Fsp3) is 0.0500. The molecule has 1 aliphatic rings. The van der Waals surface area contributed by atoms with Gasteiger partial charge < -0.3 is 10.5 Å². The SMILES string of the molecule is N#CC1=C(N)Oc2ccc3ccccc3c2C1c1ccc(Cl)c(Cl)c1. The zero-order valence-corrected chi connectivity index (χ0v) is 14.5. The van der Waals surface area contributed by atoms with Crippen LogP contribution in [-0.4, -0.2) is 0 Å². The molecule has 1 atom stereocenters. The third kappa shape index (κ3) is 2.51. The molecule has 0 amide bonds. The van der Waals surface area contributed by atoms with Gasteiger partial charge in [0.2, 0.25) is 5.88 Å². The Bertz CT molecular complexity index is 1080. The summed E-state index contributed by atoms with van der Waals surface area (Å²) < 4.78 is 5.72. The Morgan fingerprint density at radius 1 is 1.00 bits per heavy atom. The lowest BCUT2D eigenvalue weighted by molar-refractivity contribution is 0.395. The fourth-order valence-corrected chi connectivity index (χ4v) is 3.57. The molecule has 0 aliphatic carbocycles. The molecule has 0 saturated heterocycles. The maximum Gasteiger partial charge on any atom is 0.205 e. The van der Waals surface area contributed by atoms with Gasteiger partial charge in [0.25, 0.3) is 0 Å². The maximum atomic E-state index is 9.69. The van der Waals surface area contributed by atoms with Gasteiger partial charge in [-0.25, -0.2) is 0 Å². The lowest BCUT2D eigenvalue weighted by Gasteiger charge is -2.28. The van der Waals surface area contributed by atoms with E-state index in [9.17, 15) is 5.26 Å². The van der Waals surface area contributed by atoms with E-state index in [1.807, 2.05) is 42.5 Å². The molecule has 3 nitrogen and oxygen atoms in total. The molecule has 3 aromatic carbocycles. The van der Waals surface area contributed by atoms with Crippen LogP contribution in [0, 0.1) is 11.3 Å². The van der Waals surface area contributed by atoms with Crippen molar-refractivity contribution in [2.24, 2.45) is 5.73 Å². The van der Waals surface area contributed by atoms with Crippen molar-refractivity contribution in [1.29, 1.82) is 5.26 Å². The topological polar surface area (TPSA) is 59.0 Å². The standard InChI is InChI=1S/C20H12Cl2N2O/c21-15-7-5-12(9-16(15)22)18-14(10-23)20(24)25-17-8-6-11-3-1-2-4-13(11)19(17)18/h1-9,18H,24H2. The monoisotopic (exact) mass is 366 g/mol. The van der Waals surface area contributed by atoms with Crippen molar-refractivity contribution in [1.82, 2.24) is 0 Å². The Morgan fingerprint density at radius 2 is 1.80 bits per heavy atom. The van der Waals surface area contributed by atoms with E-state index in [1.54, 1.807) is 12.1 Å². The van der Waals surface area contributed by atoms with Crippen molar-refractivity contribution in [2.75, 3.05) is 0 Å². The van der Waals surface area contributed by atoms with E-state index in [2.05, 4.69) is 6.07 Å². The molecule has 5 heteroatoms. The molecule has 4 rings (SSSR count). The highest BCUT2D eigenvalue weighted by atomic mass is 35.5. The van der Waals surface area contributed by atoms with Crippen LogP contribution in [0.4, 0.5) is 0 Å². The van der Waals surface area contributed by atoms with Crippen molar-refractivity contribution >= 4 is 34.0 Å². The second-order valence-electron chi connectivity index (χ2n) is 5.80. The maximum absolute atomic E-state index is 9.69. The number of nitrogens with two attached hydrogens (primary N) is 1. The highest BCUT2D eigenvalue weighted by Gasteiger charge is 2.32.